The zero-order valence-corrected chi connectivity index (χ0v) is 13.5. The summed E-state index contributed by atoms with van der Waals surface area (Å²) in [5.74, 6) is 0. The summed E-state index contributed by atoms with van der Waals surface area (Å²) >= 11 is 8.80. The standard InChI is InChI=1S/C13H13Br2NS/c1-9-4-5-17-13(9)8-16-7-10-2-3-11(14)12(15)6-10/h2-6,16H,7-8H2,1H3. The number of nitrogens with one attached hydrogen (secondary N) is 1. The quantitative estimate of drug-likeness (QED) is 0.804. The van der Waals surface area contributed by atoms with Crippen LogP contribution in [0.5, 0.6) is 0 Å². The predicted molar refractivity (Wildman–Crippen MR) is 81.4 cm³/mol. The maximum Gasteiger partial charge on any atom is 0.0320 e. The van der Waals surface area contributed by atoms with Crippen LogP contribution in [0.4, 0.5) is 0 Å². The van der Waals surface area contributed by atoms with E-state index in [2.05, 4.69) is 73.7 Å². The molecule has 0 unspecified atom stereocenters. The van der Waals surface area contributed by atoms with Crippen LogP contribution < -0.4 is 5.32 Å². The number of aryl methyl sites for hydroxylation is 1. The van der Waals surface area contributed by atoms with Gasteiger partial charge in [-0.25, -0.2) is 0 Å². The average Bonchev–Trinajstić information content (AvgIpc) is 2.70. The smallest absolute Gasteiger partial charge is 0.0320 e. The Morgan fingerprint density at radius 1 is 1.12 bits per heavy atom. The van der Waals surface area contributed by atoms with Gasteiger partial charge in [0, 0.05) is 26.9 Å². The molecule has 1 N–H and O–H groups in total. The highest BCUT2D eigenvalue weighted by Gasteiger charge is 2.01. The second-order valence-electron chi connectivity index (χ2n) is 3.88. The first-order valence-corrected chi connectivity index (χ1v) is 7.81. The van der Waals surface area contributed by atoms with Crippen LogP contribution in [0.1, 0.15) is 16.0 Å². The fourth-order valence-corrected chi connectivity index (χ4v) is 3.10. The number of hydrogen-bond acceptors (Lipinski definition) is 2. The Bertz CT molecular complexity index is 508. The molecule has 1 aromatic heterocycles. The number of thiophene rings is 1. The molecule has 0 fully saturated rings. The van der Waals surface area contributed by atoms with Crippen molar-refractivity contribution in [3.8, 4) is 0 Å². The van der Waals surface area contributed by atoms with Crippen LogP contribution >= 0.6 is 43.2 Å². The summed E-state index contributed by atoms with van der Waals surface area (Å²) in [5.41, 5.74) is 2.66. The lowest BCUT2D eigenvalue weighted by molar-refractivity contribution is 0.698. The van der Waals surface area contributed by atoms with E-state index in [0.29, 0.717) is 0 Å². The van der Waals surface area contributed by atoms with E-state index in [1.165, 1.54) is 16.0 Å². The number of halogens is 2. The summed E-state index contributed by atoms with van der Waals surface area (Å²) in [5, 5.41) is 5.61. The molecule has 0 atom stereocenters. The fraction of sp³-hybridized carbons (Fsp3) is 0.231. The molecule has 17 heavy (non-hydrogen) atoms. The van der Waals surface area contributed by atoms with Crippen molar-refractivity contribution in [3.63, 3.8) is 0 Å². The zero-order valence-electron chi connectivity index (χ0n) is 9.47. The highest BCUT2D eigenvalue weighted by Crippen LogP contribution is 2.23. The third-order valence-electron chi connectivity index (χ3n) is 2.57. The van der Waals surface area contributed by atoms with Crippen LogP contribution in [0.2, 0.25) is 0 Å². The molecule has 0 aliphatic heterocycles. The SMILES string of the molecule is Cc1ccsc1CNCc1ccc(Br)c(Br)c1. The van der Waals surface area contributed by atoms with Crippen molar-refractivity contribution in [2.45, 2.75) is 20.0 Å². The van der Waals surface area contributed by atoms with Gasteiger partial charge in [0.05, 0.1) is 0 Å². The van der Waals surface area contributed by atoms with Gasteiger partial charge in [0.2, 0.25) is 0 Å². The fourth-order valence-electron chi connectivity index (χ4n) is 1.56. The Labute approximate surface area is 123 Å². The second kappa shape index (κ2) is 6.14. The van der Waals surface area contributed by atoms with Crippen LogP contribution in [0.25, 0.3) is 0 Å². The summed E-state index contributed by atoms with van der Waals surface area (Å²) in [6.45, 7) is 3.99. The number of benzene rings is 1. The summed E-state index contributed by atoms with van der Waals surface area (Å²) in [6.07, 6.45) is 0. The van der Waals surface area contributed by atoms with Gasteiger partial charge < -0.3 is 5.32 Å². The molecule has 0 aliphatic carbocycles. The van der Waals surface area contributed by atoms with E-state index in [9.17, 15) is 0 Å². The van der Waals surface area contributed by atoms with Gasteiger partial charge in [-0.1, -0.05) is 6.07 Å². The maximum atomic E-state index is 3.52. The van der Waals surface area contributed by atoms with Crippen LogP contribution in [-0.2, 0) is 13.1 Å². The number of rotatable bonds is 4. The van der Waals surface area contributed by atoms with Gasteiger partial charge in [0.15, 0.2) is 0 Å². The lowest BCUT2D eigenvalue weighted by Crippen LogP contribution is -2.12. The molecule has 90 valence electrons. The molecule has 0 spiro atoms. The molecular formula is C13H13Br2NS. The predicted octanol–water partition coefficient (Wildman–Crippen LogP) is 4.87. The van der Waals surface area contributed by atoms with Crippen molar-refractivity contribution in [2.24, 2.45) is 0 Å². The van der Waals surface area contributed by atoms with Crippen LogP contribution in [0.3, 0.4) is 0 Å². The van der Waals surface area contributed by atoms with E-state index in [4.69, 9.17) is 0 Å². The van der Waals surface area contributed by atoms with Gasteiger partial charge in [-0.2, -0.15) is 0 Å². The lowest BCUT2D eigenvalue weighted by atomic mass is 10.2. The maximum absolute atomic E-state index is 3.52. The normalized spacial score (nSPS) is 10.8. The van der Waals surface area contributed by atoms with E-state index in [0.717, 1.165) is 22.0 Å². The summed E-state index contributed by atoms with van der Waals surface area (Å²) < 4.78 is 2.19. The summed E-state index contributed by atoms with van der Waals surface area (Å²) in [6, 6.07) is 8.50. The largest absolute Gasteiger partial charge is 0.308 e. The molecule has 1 nitrogen and oxygen atoms in total. The van der Waals surface area contributed by atoms with Crippen molar-refractivity contribution in [3.05, 3.63) is 54.6 Å². The molecule has 1 aromatic carbocycles. The molecular weight excluding hydrogens is 362 g/mol. The van der Waals surface area contributed by atoms with E-state index in [1.807, 2.05) is 11.3 Å². The Kier molecular flexibility index (Phi) is 4.79. The molecule has 2 aromatic rings. The first-order chi connectivity index (χ1) is 8.16. The third kappa shape index (κ3) is 3.65. The van der Waals surface area contributed by atoms with E-state index >= 15 is 0 Å². The zero-order chi connectivity index (χ0) is 12.3. The summed E-state index contributed by atoms with van der Waals surface area (Å²) in [4.78, 5) is 1.42. The van der Waals surface area contributed by atoms with Gasteiger partial charge in [0.1, 0.15) is 0 Å². The second-order valence-corrected chi connectivity index (χ2v) is 6.59. The van der Waals surface area contributed by atoms with Gasteiger partial charge in [-0.15, -0.1) is 11.3 Å². The average molecular weight is 375 g/mol. The molecule has 0 aliphatic rings. The van der Waals surface area contributed by atoms with Gasteiger partial charge in [-0.3, -0.25) is 0 Å². The van der Waals surface area contributed by atoms with Crippen molar-refractivity contribution >= 4 is 43.2 Å². The van der Waals surface area contributed by atoms with Crippen LogP contribution in [0, 0.1) is 6.92 Å². The first-order valence-electron chi connectivity index (χ1n) is 5.34. The Morgan fingerprint density at radius 2 is 1.94 bits per heavy atom. The molecule has 0 saturated heterocycles. The van der Waals surface area contributed by atoms with Crippen molar-refractivity contribution in [1.82, 2.24) is 5.32 Å². The van der Waals surface area contributed by atoms with Crippen LogP contribution in [0.15, 0.2) is 38.6 Å². The minimum absolute atomic E-state index is 0.892. The highest BCUT2D eigenvalue weighted by atomic mass is 79.9. The molecule has 4 heteroatoms. The van der Waals surface area contributed by atoms with E-state index in [1.54, 1.807) is 0 Å². The topological polar surface area (TPSA) is 12.0 Å². The van der Waals surface area contributed by atoms with E-state index in [-0.39, 0.29) is 0 Å². The van der Waals surface area contributed by atoms with E-state index < -0.39 is 0 Å². The third-order valence-corrected chi connectivity index (χ3v) is 5.47. The molecule has 0 radical (unpaired) electrons. The summed E-state index contributed by atoms with van der Waals surface area (Å²) in [7, 11) is 0. The Morgan fingerprint density at radius 3 is 2.59 bits per heavy atom. The minimum atomic E-state index is 0.892. The monoisotopic (exact) mass is 373 g/mol. The van der Waals surface area contributed by atoms with Gasteiger partial charge in [-0.05, 0) is 73.5 Å². The molecule has 1 heterocycles. The minimum Gasteiger partial charge on any atom is -0.308 e. The van der Waals surface area contributed by atoms with Crippen molar-refractivity contribution in [2.75, 3.05) is 0 Å². The first kappa shape index (κ1) is 13.3. The Balaban J connectivity index is 1.90. The molecule has 2 rings (SSSR count). The molecule has 0 amide bonds. The molecule has 0 saturated carbocycles. The number of hydrogen-bond donors (Lipinski definition) is 1. The van der Waals surface area contributed by atoms with Crippen molar-refractivity contribution in [1.29, 1.82) is 0 Å². The van der Waals surface area contributed by atoms with Gasteiger partial charge in [0.25, 0.3) is 0 Å². The highest BCUT2D eigenvalue weighted by molar-refractivity contribution is 9.13. The van der Waals surface area contributed by atoms with Crippen LogP contribution in [-0.4, -0.2) is 0 Å². The Hall–Kier alpha value is -0.160. The lowest BCUT2D eigenvalue weighted by Gasteiger charge is -2.06. The van der Waals surface area contributed by atoms with Crippen molar-refractivity contribution < 1.29 is 0 Å². The van der Waals surface area contributed by atoms with Gasteiger partial charge >= 0.3 is 0 Å². The molecule has 0 bridgehead atoms.